The number of nitrogens with one attached hydrogen (secondary N) is 1. The maximum atomic E-state index is 12.2. The molecule has 1 saturated heterocycles. The van der Waals surface area contributed by atoms with Gasteiger partial charge in [0.2, 0.25) is 10.0 Å². The maximum Gasteiger partial charge on any atom is 0.240 e. The van der Waals surface area contributed by atoms with Gasteiger partial charge in [-0.1, -0.05) is 37.6 Å². The number of ether oxygens (including phenoxy) is 1. The van der Waals surface area contributed by atoms with Crippen LogP contribution in [-0.4, -0.2) is 38.6 Å². The normalized spacial score (nSPS) is 19.3. The molecule has 0 radical (unpaired) electrons. The van der Waals surface area contributed by atoms with Gasteiger partial charge in [-0.05, 0) is 36.6 Å². The molecule has 2 aromatic carbocycles. The van der Waals surface area contributed by atoms with Gasteiger partial charge in [0.15, 0.2) is 0 Å². The number of hydrogen-bond acceptors (Lipinski definition) is 5. The third kappa shape index (κ3) is 3.73. The molecule has 2 aromatic heterocycles. The Bertz CT molecular complexity index is 1430. The number of aromatic nitrogens is 2. The van der Waals surface area contributed by atoms with Crippen molar-refractivity contribution in [1.82, 2.24) is 9.97 Å². The molecule has 0 saturated carbocycles. The van der Waals surface area contributed by atoms with Gasteiger partial charge < -0.3 is 14.6 Å². The van der Waals surface area contributed by atoms with E-state index in [4.69, 9.17) is 14.9 Å². The molecule has 1 aliphatic rings. The number of aromatic amines is 1. The van der Waals surface area contributed by atoms with E-state index in [1.807, 2.05) is 36.5 Å². The second-order valence-corrected chi connectivity index (χ2v) is 10.2. The van der Waals surface area contributed by atoms with Gasteiger partial charge in [-0.3, -0.25) is 4.98 Å². The van der Waals surface area contributed by atoms with Crippen molar-refractivity contribution in [2.75, 3.05) is 25.1 Å². The van der Waals surface area contributed by atoms with Crippen molar-refractivity contribution < 1.29 is 13.2 Å². The minimum absolute atomic E-state index is 0.111. The van der Waals surface area contributed by atoms with Gasteiger partial charge in [-0.2, -0.15) is 0 Å². The number of nitrogens with two attached hydrogens (primary N) is 1. The monoisotopic (exact) mass is 464 g/mol. The van der Waals surface area contributed by atoms with Crippen LogP contribution in [0.15, 0.2) is 59.6 Å². The lowest BCUT2D eigenvalue weighted by molar-refractivity contribution is 0.340. The van der Waals surface area contributed by atoms with E-state index in [1.54, 1.807) is 19.2 Å². The first-order valence-corrected chi connectivity index (χ1v) is 12.8. The van der Waals surface area contributed by atoms with E-state index in [-0.39, 0.29) is 10.8 Å². The summed E-state index contributed by atoms with van der Waals surface area (Å²) in [7, 11) is -2.14. The SMILES string of the molecule is CCC1CN(c2ccccc2OC)CCC1c1nccc2c1[nH]c1c(S(N)(=O)=O)cccc12. The zero-order valence-electron chi connectivity index (χ0n) is 18.8. The number of pyridine rings is 1. The van der Waals surface area contributed by atoms with Crippen LogP contribution in [-0.2, 0) is 10.0 Å². The van der Waals surface area contributed by atoms with Crippen LogP contribution >= 0.6 is 0 Å². The lowest BCUT2D eigenvalue weighted by Crippen LogP contribution is -2.39. The highest BCUT2D eigenvalue weighted by Crippen LogP contribution is 2.41. The van der Waals surface area contributed by atoms with Gasteiger partial charge in [-0.15, -0.1) is 0 Å². The van der Waals surface area contributed by atoms with E-state index in [2.05, 4.69) is 22.9 Å². The van der Waals surface area contributed by atoms with Crippen molar-refractivity contribution in [2.24, 2.45) is 11.1 Å². The number of hydrogen-bond donors (Lipinski definition) is 2. The van der Waals surface area contributed by atoms with Crippen molar-refractivity contribution in [1.29, 1.82) is 0 Å². The molecule has 3 heterocycles. The number of methoxy groups -OCH3 is 1. The Morgan fingerprint density at radius 2 is 1.91 bits per heavy atom. The molecule has 33 heavy (non-hydrogen) atoms. The fraction of sp³-hybridized carbons (Fsp3) is 0.320. The minimum atomic E-state index is -3.84. The molecule has 7 nitrogen and oxygen atoms in total. The van der Waals surface area contributed by atoms with Gasteiger partial charge in [0.1, 0.15) is 10.6 Å². The second-order valence-electron chi connectivity index (χ2n) is 8.65. The summed E-state index contributed by atoms with van der Waals surface area (Å²) in [5.41, 5.74) is 3.56. The third-order valence-corrected chi connectivity index (χ3v) is 7.84. The number of primary sulfonamides is 1. The van der Waals surface area contributed by atoms with Crippen molar-refractivity contribution in [3.63, 3.8) is 0 Å². The number of fused-ring (bicyclic) bond motifs is 3. The van der Waals surface area contributed by atoms with E-state index in [1.165, 1.54) is 0 Å². The molecular weight excluding hydrogens is 436 g/mol. The quantitative estimate of drug-likeness (QED) is 0.456. The van der Waals surface area contributed by atoms with E-state index >= 15 is 0 Å². The number of para-hydroxylation sites is 3. The van der Waals surface area contributed by atoms with Crippen LogP contribution < -0.4 is 14.8 Å². The van der Waals surface area contributed by atoms with Crippen molar-refractivity contribution in [3.8, 4) is 5.75 Å². The summed E-state index contributed by atoms with van der Waals surface area (Å²) in [5.74, 6) is 1.54. The fourth-order valence-corrected chi connectivity index (χ4v) is 5.99. The average Bonchev–Trinajstić information content (AvgIpc) is 3.22. The number of rotatable bonds is 5. The average molecular weight is 465 g/mol. The molecule has 1 aliphatic heterocycles. The Balaban J connectivity index is 1.57. The molecule has 2 unspecified atom stereocenters. The summed E-state index contributed by atoms with van der Waals surface area (Å²) in [5, 5.41) is 7.31. The molecule has 0 spiro atoms. The topological polar surface area (TPSA) is 101 Å². The first-order valence-electron chi connectivity index (χ1n) is 11.2. The number of anilines is 1. The molecular formula is C25H28N4O3S. The minimum Gasteiger partial charge on any atom is -0.495 e. The zero-order valence-corrected chi connectivity index (χ0v) is 19.6. The van der Waals surface area contributed by atoms with E-state index in [0.717, 1.165) is 59.4 Å². The summed E-state index contributed by atoms with van der Waals surface area (Å²) >= 11 is 0. The number of benzene rings is 2. The Morgan fingerprint density at radius 3 is 2.67 bits per heavy atom. The third-order valence-electron chi connectivity index (χ3n) is 6.89. The van der Waals surface area contributed by atoms with Crippen LogP contribution in [0.25, 0.3) is 21.8 Å². The number of nitrogens with zero attached hydrogens (tertiary/aromatic N) is 2. The highest BCUT2D eigenvalue weighted by molar-refractivity contribution is 7.89. The highest BCUT2D eigenvalue weighted by atomic mass is 32.2. The van der Waals surface area contributed by atoms with E-state index in [0.29, 0.717) is 11.4 Å². The van der Waals surface area contributed by atoms with Crippen LogP contribution in [0.4, 0.5) is 5.69 Å². The van der Waals surface area contributed by atoms with Crippen molar-refractivity contribution in [3.05, 3.63) is 60.4 Å². The predicted molar refractivity (Wildman–Crippen MR) is 131 cm³/mol. The number of piperidine rings is 1. The first-order chi connectivity index (χ1) is 15.9. The van der Waals surface area contributed by atoms with Crippen LogP contribution in [0, 0.1) is 5.92 Å². The van der Waals surface area contributed by atoms with Crippen LogP contribution in [0.2, 0.25) is 0 Å². The summed E-state index contributed by atoms with van der Waals surface area (Å²) < 4.78 is 29.9. The lowest BCUT2D eigenvalue weighted by Gasteiger charge is -2.39. The van der Waals surface area contributed by atoms with Gasteiger partial charge >= 0.3 is 0 Å². The number of H-pyrrole nitrogens is 1. The first kappa shape index (κ1) is 21.7. The molecule has 0 amide bonds. The number of sulfonamides is 1. The Hall–Kier alpha value is -3.10. The van der Waals surface area contributed by atoms with Crippen LogP contribution in [0.5, 0.6) is 5.75 Å². The molecule has 1 fully saturated rings. The second kappa shape index (κ2) is 8.35. The predicted octanol–water partition coefficient (Wildman–Crippen LogP) is 4.39. The molecule has 172 valence electrons. The fourth-order valence-electron chi connectivity index (χ4n) is 5.28. The van der Waals surface area contributed by atoms with Crippen LogP contribution in [0.3, 0.4) is 0 Å². The summed E-state index contributed by atoms with van der Waals surface area (Å²) in [6, 6.07) is 15.3. The van der Waals surface area contributed by atoms with Gasteiger partial charge in [-0.25, -0.2) is 13.6 Å². The van der Waals surface area contributed by atoms with Crippen molar-refractivity contribution in [2.45, 2.75) is 30.6 Å². The molecule has 0 aliphatic carbocycles. The van der Waals surface area contributed by atoms with E-state index in [9.17, 15) is 8.42 Å². The summed E-state index contributed by atoms with van der Waals surface area (Å²) in [6.45, 7) is 4.01. The maximum absolute atomic E-state index is 12.2. The summed E-state index contributed by atoms with van der Waals surface area (Å²) in [4.78, 5) is 10.7. The standard InChI is InChI=1S/C25H28N4O3S/c1-3-16-15-29(20-8-4-5-9-21(20)32-2)14-12-17(16)24-25-19(11-13-27-24)18-7-6-10-22(23(18)28-25)33(26,30)31/h4-11,13,16-17,28H,3,12,14-15H2,1-2H3,(H2,26,30,31). The largest absolute Gasteiger partial charge is 0.495 e. The highest BCUT2D eigenvalue weighted by Gasteiger charge is 2.33. The molecule has 5 rings (SSSR count). The molecule has 4 aromatic rings. The lowest BCUT2D eigenvalue weighted by atomic mass is 9.80. The van der Waals surface area contributed by atoms with Gasteiger partial charge in [0.25, 0.3) is 0 Å². The van der Waals surface area contributed by atoms with Crippen molar-refractivity contribution >= 4 is 37.5 Å². The summed E-state index contributed by atoms with van der Waals surface area (Å²) in [6.07, 6.45) is 3.78. The molecule has 3 N–H and O–H groups in total. The molecule has 2 atom stereocenters. The molecule has 8 heteroatoms. The van der Waals surface area contributed by atoms with Crippen LogP contribution in [0.1, 0.15) is 31.4 Å². The van der Waals surface area contributed by atoms with Gasteiger partial charge in [0, 0.05) is 36.0 Å². The zero-order chi connectivity index (χ0) is 23.2. The Morgan fingerprint density at radius 1 is 1.12 bits per heavy atom. The van der Waals surface area contributed by atoms with Gasteiger partial charge in [0.05, 0.1) is 29.5 Å². The molecule has 0 bridgehead atoms. The van der Waals surface area contributed by atoms with E-state index < -0.39 is 10.0 Å². The Kier molecular flexibility index (Phi) is 5.50. The Labute approximate surface area is 193 Å². The smallest absolute Gasteiger partial charge is 0.240 e.